The van der Waals surface area contributed by atoms with E-state index in [4.69, 9.17) is 24.1 Å². The van der Waals surface area contributed by atoms with Crippen molar-refractivity contribution in [3.05, 3.63) is 52.1 Å². The predicted octanol–water partition coefficient (Wildman–Crippen LogP) is 3.69. The van der Waals surface area contributed by atoms with Crippen LogP contribution in [0.4, 0.5) is 25.1 Å². The summed E-state index contributed by atoms with van der Waals surface area (Å²) in [6, 6.07) is 6.29. The number of halogens is 2. The number of imide groups is 1. The molecule has 16 nitrogen and oxygen atoms in total. The number of anilines is 2. The molecule has 2 aromatic carbocycles. The van der Waals surface area contributed by atoms with Crippen LogP contribution in [0.1, 0.15) is 50.8 Å². The number of carbonyl (C=O) groups is 3. The molecule has 3 N–H and O–H groups in total. The number of aromatic nitrogens is 4. The fraction of sp³-hybridized carbons (Fsp3) is 0.526. The maximum absolute atomic E-state index is 16.0. The van der Waals surface area contributed by atoms with Crippen molar-refractivity contribution in [1.82, 2.24) is 30.0 Å². The Kier molecular flexibility index (Phi) is 12.1. The van der Waals surface area contributed by atoms with Gasteiger partial charge in [-0.05, 0) is 69.7 Å². The Morgan fingerprint density at radius 1 is 1.00 bits per heavy atom. The molecule has 0 atom stereocenters. The number of urea groups is 1. The van der Waals surface area contributed by atoms with E-state index in [1.165, 1.54) is 15.6 Å². The molecule has 4 aliphatic rings. The molecular weight excluding hydrogens is 734 g/mol. The van der Waals surface area contributed by atoms with Gasteiger partial charge in [0.15, 0.2) is 11.6 Å². The third-order valence-electron chi connectivity index (χ3n) is 11.1. The highest BCUT2D eigenvalue weighted by atomic mass is 19.1. The van der Waals surface area contributed by atoms with Gasteiger partial charge in [0.05, 0.1) is 23.9 Å². The van der Waals surface area contributed by atoms with E-state index in [0.717, 1.165) is 51.6 Å². The fourth-order valence-corrected chi connectivity index (χ4v) is 8.12. The molecule has 8 rings (SSSR count). The molecule has 0 unspecified atom stereocenters. The molecule has 6 heterocycles. The van der Waals surface area contributed by atoms with Crippen LogP contribution in [0.25, 0.3) is 21.8 Å². The Balaban J connectivity index is 0.00000155. The Morgan fingerprint density at radius 2 is 1.73 bits per heavy atom. The summed E-state index contributed by atoms with van der Waals surface area (Å²) in [6.45, 7) is 5.07. The number of hydrogen-bond donors (Lipinski definition) is 3. The Bertz CT molecular complexity index is 2120. The molecule has 0 spiro atoms. The Morgan fingerprint density at radius 3 is 2.45 bits per heavy atom. The third-order valence-corrected chi connectivity index (χ3v) is 11.1. The number of fused-ring (bicyclic) bond motifs is 2. The highest BCUT2D eigenvalue weighted by molar-refractivity contribution is 6.09. The van der Waals surface area contributed by atoms with E-state index in [1.807, 2.05) is 6.07 Å². The zero-order chi connectivity index (χ0) is 39.3. The average Bonchev–Trinajstić information content (AvgIpc) is 3.53. The average molecular weight is 781 g/mol. The molecule has 4 saturated heterocycles. The number of ether oxygens (including phenoxy) is 3. The lowest BCUT2D eigenvalue weighted by atomic mass is 9.94. The second-order valence-electron chi connectivity index (χ2n) is 14.5. The monoisotopic (exact) mass is 780 g/mol. The highest BCUT2D eigenvalue weighted by Crippen LogP contribution is 2.35. The summed E-state index contributed by atoms with van der Waals surface area (Å²) in [5, 5.41) is 14.1. The van der Waals surface area contributed by atoms with Crippen molar-refractivity contribution in [3.63, 3.8) is 0 Å². The summed E-state index contributed by atoms with van der Waals surface area (Å²) in [6.07, 6.45) is 5.46. The molecule has 0 saturated carbocycles. The van der Waals surface area contributed by atoms with E-state index in [-0.39, 0.29) is 54.8 Å². The maximum Gasteiger partial charge on any atom is 0.329 e. The van der Waals surface area contributed by atoms with Crippen molar-refractivity contribution < 1.29 is 42.5 Å². The van der Waals surface area contributed by atoms with Gasteiger partial charge in [0.1, 0.15) is 34.9 Å². The fourth-order valence-electron chi connectivity index (χ4n) is 8.12. The van der Waals surface area contributed by atoms with Crippen LogP contribution in [0.5, 0.6) is 5.75 Å². The summed E-state index contributed by atoms with van der Waals surface area (Å²) in [5.74, 6) is -0.0312. The van der Waals surface area contributed by atoms with E-state index in [1.54, 1.807) is 19.2 Å². The number of rotatable bonds is 9. The van der Waals surface area contributed by atoms with Crippen LogP contribution >= 0.6 is 0 Å². The number of likely N-dealkylation sites (tertiary alicyclic amines) is 1. The lowest BCUT2D eigenvalue weighted by molar-refractivity contribution is -0.123. The minimum atomic E-state index is -0.667. The van der Waals surface area contributed by atoms with Gasteiger partial charge in [-0.1, -0.05) is 0 Å². The molecule has 0 radical (unpaired) electrons. The first-order valence-corrected chi connectivity index (χ1v) is 19.0. The summed E-state index contributed by atoms with van der Waals surface area (Å²) in [4.78, 5) is 58.2. The van der Waals surface area contributed by atoms with E-state index < -0.39 is 17.4 Å². The topological polar surface area (TPSA) is 184 Å². The lowest BCUT2D eigenvalue weighted by Crippen LogP contribution is -2.49. The minimum Gasteiger partial charge on any atom is -0.493 e. The van der Waals surface area contributed by atoms with Crippen molar-refractivity contribution in [3.8, 4) is 5.75 Å². The minimum absolute atomic E-state index is 0.0391. The molecule has 56 heavy (non-hydrogen) atoms. The van der Waals surface area contributed by atoms with Crippen LogP contribution in [-0.4, -0.2) is 113 Å². The van der Waals surface area contributed by atoms with Crippen LogP contribution in [0.2, 0.25) is 0 Å². The molecule has 3 amide bonds. The zero-order valence-electron chi connectivity index (χ0n) is 31.2. The SMILES string of the molecule is Cn1nc(N2CCC(=O)NC2=O)c2ccc(N3CCC(N4CCC(COc5cc(F)c6c(=O)[nH]c(COC7CCOCC7)nc6c5)CC4)CC3)c(F)c21.O=CO. The Hall–Kier alpha value is -5.20. The van der Waals surface area contributed by atoms with E-state index in [2.05, 4.69) is 30.2 Å². The molecule has 2 aromatic heterocycles. The molecule has 0 bridgehead atoms. The van der Waals surface area contributed by atoms with Crippen LogP contribution in [0.15, 0.2) is 29.1 Å². The number of benzene rings is 2. The van der Waals surface area contributed by atoms with Crippen molar-refractivity contribution in [1.29, 1.82) is 0 Å². The van der Waals surface area contributed by atoms with Crippen molar-refractivity contribution >= 4 is 51.7 Å². The predicted molar refractivity (Wildman–Crippen MR) is 201 cm³/mol. The van der Waals surface area contributed by atoms with Crippen LogP contribution in [0, 0.1) is 17.6 Å². The van der Waals surface area contributed by atoms with E-state index >= 15 is 8.78 Å². The molecule has 4 fully saturated rings. The number of aromatic amines is 1. The van der Waals surface area contributed by atoms with Gasteiger partial charge in [0, 0.05) is 69.9 Å². The van der Waals surface area contributed by atoms with Gasteiger partial charge in [-0.2, -0.15) is 5.10 Å². The maximum atomic E-state index is 16.0. The molecule has 18 heteroatoms. The van der Waals surface area contributed by atoms with Gasteiger partial charge in [-0.15, -0.1) is 0 Å². The number of hydrogen-bond acceptors (Lipinski definition) is 11. The first kappa shape index (κ1) is 39.1. The molecule has 300 valence electrons. The summed E-state index contributed by atoms with van der Waals surface area (Å²) in [7, 11) is 1.66. The molecule has 4 aliphatic heterocycles. The number of nitrogens with one attached hydrogen (secondary N) is 2. The number of carbonyl (C=O) groups excluding carboxylic acids is 2. The number of amides is 3. The van der Waals surface area contributed by atoms with E-state index in [9.17, 15) is 14.4 Å². The van der Waals surface area contributed by atoms with Crippen molar-refractivity contribution in [2.45, 2.75) is 63.7 Å². The normalized spacial score (nSPS) is 19.3. The number of nitrogens with zero attached hydrogens (tertiary/aromatic N) is 6. The highest BCUT2D eigenvalue weighted by Gasteiger charge is 2.32. The van der Waals surface area contributed by atoms with E-state index in [0.29, 0.717) is 78.9 Å². The van der Waals surface area contributed by atoms with Gasteiger partial charge in [-0.25, -0.2) is 18.6 Å². The van der Waals surface area contributed by atoms with Crippen LogP contribution in [-0.2, 0) is 32.7 Å². The van der Waals surface area contributed by atoms with Gasteiger partial charge in [0.2, 0.25) is 5.91 Å². The lowest BCUT2D eigenvalue weighted by Gasteiger charge is -2.42. The van der Waals surface area contributed by atoms with Crippen molar-refractivity contribution in [2.75, 3.05) is 62.3 Å². The smallest absolute Gasteiger partial charge is 0.329 e. The summed E-state index contributed by atoms with van der Waals surface area (Å²) >= 11 is 0. The number of aryl methyl sites for hydroxylation is 1. The van der Waals surface area contributed by atoms with Gasteiger partial charge >= 0.3 is 6.03 Å². The van der Waals surface area contributed by atoms with Gasteiger partial charge < -0.3 is 34.1 Å². The zero-order valence-corrected chi connectivity index (χ0v) is 31.2. The van der Waals surface area contributed by atoms with Gasteiger partial charge in [0.25, 0.3) is 12.0 Å². The third kappa shape index (κ3) is 8.46. The quantitative estimate of drug-likeness (QED) is 0.210. The van der Waals surface area contributed by atoms with Crippen LogP contribution < -0.4 is 25.4 Å². The summed E-state index contributed by atoms with van der Waals surface area (Å²) < 4.78 is 49.9. The molecular formula is C38H46F2N8O8. The molecule has 0 aliphatic carbocycles. The second-order valence-corrected chi connectivity index (χ2v) is 14.5. The standard InChI is InChI=1S/C37H44F2N8O6.CH2O2/c1-44-34-26(35(43-44)47-15-8-31(48)42-37(47)50)2-3-29(33(34)39)46-13-6-23(7-14-46)45-11-4-22(5-12-45)20-52-25-18-27(38)32-28(19-25)40-30(41-36(32)49)21-53-24-9-16-51-17-10-24;2-1-3/h2-3,18-19,22-24H,4-17,20-21H2,1H3,(H,40,41,49)(H,42,48,50);1H,(H,2,3). The first-order chi connectivity index (χ1) is 27.1. The number of H-pyrrole nitrogens is 1. The van der Waals surface area contributed by atoms with Gasteiger partial charge in [-0.3, -0.25) is 29.3 Å². The first-order valence-electron chi connectivity index (χ1n) is 19.0. The molecule has 4 aromatic rings. The number of carboxylic acid groups (broad SMARTS) is 1. The van der Waals surface area contributed by atoms with Crippen molar-refractivity contribution in [2.24, 2.45) is 13.0 Å². The summed E-state index contributed by atoms with van der Waals surface area (Å²) in [5.41, 5.74) is 0.543. The Labute approximate surface area is 320 Å². The largest absolute Gasteiger partial charge is 0.493 e. The van der Waals surface area contributed by atoms with Crippen LogP contribution in [0.3, 0.4) is 0 Å². The second kappa shape index (κ2) is 17.3. The number of piperidine rings is 2.